The van der Waals surface area contributed by atoms with E-state index in [1.54, 1.807) is 0 Å². The highest BCUT2D eigenvalue weighted by Crippen LogP contribution is 2.33. The molecule has 0 N–H and O–H groups in total. The molecule has 3 atom stereocenters. The second kappa shape index (κ2) is 3.11. The molecule has 0 bridgehead atoms. The van der Waals surface area contributed by atoms with Crippen LogP contribution in [0.15, 0.2) is 12.2 Å². The predicted octanol–water partition coefficient (Wildman–Crippen LogP) is 1.95. The number of fused-ring (bicyclic) bond motifs is 1. The maximum atomic E-state index is 13.1. The Bertz CT molecular complexity index is 197. The van der Waals surface area contributed by atoms with Gasteiger partial charge >= 0.3 is 0 Å². The van der Waals surface area contributed by atoms with E-state index in [-0.39, 0.29) is 17.3 Å². The van der Waals surface area contributed by atoms with Crippen LogP contribution >= 0.6 is 0 Å². The molecule has 0 aromatic carbocycles. The summed E-state index contributed by atoms with van der Waals surface area (Å²) in [6, 6.07) is 0. The lowest BCUT2D eigenvalue weighted by atomic mass is 9.86. The average Bonchev–Trinajstić information content (AvgIpc) is 2.04. The molecule has 0 aromatic rings. The van der Waals surface area contributed by atoms with Crippen LogP contribution in [0.1, 0.15) is 12.8 Å². The van der Waals surface area contributed by atoms with Gasteiger partial charge in [0.15, 0.2) is 0 Å². The van der Waals surface area contributed by atoms with Crippen LogP contribution in [0, 0.1) is 12.5 Å². The summed E-state index contributed by atoms with van der Waals surface area (Å²) in [4.78, 5) is 4.78. The third kappa shape index (κ3) is 1.36. The topological polar surface area (TPSA) is 12.5 Å². The van der Waals surface area contributed by atoms with Crippen LogP contribution in [-0.2, 0) is 4.84 Å². The van der Waals surface area contributed by atoms with Crippen molar-refractivity contribution in [1.82, 2.24) is 5.29 Å². The Morgan fingerprint density at radius 1 is 1.33 bits per heavy atom. The minimum Gasteiger partial charge on any atom is -0.266 e. The number of hydroxylamine groups is 1. The Morgan fingerprint density at radius 2 is 2.08 bits per heavy atom. The fourth-order valence-corrected chi connectivity index (χ4v) is 1.65. The molecule has 1 aliphatic carbocycles. The monoisotopic (exact) mass is 174 g/mol. The molecule has 2 aliphatic rings. The summed E-state index contributed by atoms with van der Waals surface area (Å²) >= 11 is 0. The quantitative estimate of drug-likeness (QED) is 0.411. The number of hydrogen-bond donors (Lipinski definition) is 0. The highest BCUT2D eigenvalue weighted by atomic mass is 19.2. The van der Waals surface area contributed by atoms with Gasteiger partial charge in [-0.05, 0) is 18.1 Å². The molecule has 1 saturated heterocycles. The summed E-state index contributed by atoms with van der Waals surface area (Å²) in [7, 11) is 0. The molecule has 12 heavy (non-hydrogen) atoms. The molecule has 0 aromatic heterocycles. The minimum absolute atomic E-state index is 0.00894. The highest BCUT2D eigenvalue weighted by molar-refractivity contribution is 5.01. The van der Waals surface area contributed by atoms with Crippen molar-refractivity contribution in [3.05, 3.63) is 18.7 Å². The number of hydrogen-bond acceptors (Lipinski definition) is 2. The van der Waals surface area contributed by atoms with Gasteiger partial charge in [0, 0.05) is 5.92 Å². The molecule has 0 amide bonds. The van der Waals surface area contributed by atoms with Crippen LogP contribution in [0.4, 0.5) is 8.87 Å². The molecule has 1 aliphatic heterocycles. The Hall–Kier alpha value is -0.480. The SMILES string of the molecule is FC1[CH]N(F)OC2CC=CCC12. The average molecular weight is 174 g/mol. The minimum atomic E-state index is -1.22. The summed E-state index contributed by atoms with van der Waals surface area (Å²) in [5.74, 6) is -0.206. The van der Waals surface area contributed by atoms with E-state index in [0.717, 1.165) is 6.54 Å². The summed E-state index contributed by atoms with van der Waals surface area (Å²) in [5, 5.41) is -0.00894. The molecule has 1 radical (unpaired) electrons. The first-order valence-corrected chi connectivity index (χ1v) is 4.03. The number of rotatable bonds is 0. The smallest absolute Gasteiger partial charge is 0.128 e. The van der Waals surface area contributed by atoms with Gasteiger partial charge in [-0.2, -0.15) is 0 Å². The fourth-order valence-electron chi connectivity index (χ4n) is 1.65. The number of nitrogens with zero attached hydrogens (tertiary/aromatic N) is 1. The summed E-state index contributed by atoms with van der Waals surface area (Å²) in [6.45, 7) is 0.834. The summed E-state index contributed by atoms with van der Waals surface area (Å²) in [5.41, 5.74) is 0. The number of alkyl halides is 1. The Morgan fingerprint density at radius 3 is 2.92 bits per heavy atom. The van der Waals surface area contributed by atoms with E-state index in [9.17, 15) is 8.87 Å². The largest absolute Gasteiger partial charge is 0.266 e. The Labute approximate surface area is 69.7 Å². The molecule has 1 heterocycles. The van der Waals surface area contributed by atoms with Crippen molar-refractivity contribution in [2.75, 3.05) is 0 Å². The third-order valence-corrected chi connectivity index (χ3v) is 2.33. The first-order valence-electron chi connectivity index (χ1n) is 4.03. The maximum absolute atomic E-state index is 13.1. The first-order chi connectivity index (χ1) is 5.77. The zero-order chi connectivity index (χ0) is 8.55. The standard InChI is InChI=1S/C8H10F2NO/c9-7-5-11(10)12-8-4-2-1-3-6(7)8/h1-2,5-8H,3-4H2. The van der Waals surface area contributed by atoms with Crippen LogP contribution in [0.3, 0.4) is 0 Å². The van der Waals surface area contributed by atoms with E-state index < -0.39 is 6.17 Å². The Balaban J connectivity index is 2.08. The van der Waals surface area contributed by atoms with E-state index in [1.807, 2.05) is 12.2 Å². The first kappa shape index (κ1) is 8.13. The van der Waals surface area contributed by atoms with Crippen LogP contribution in [0.25, 0.3) is 0 Å². The molecule has 4 heteroatoms. The van der Waals surface area contributed by atoms with Crippen molar-refractivity contribution in [3.63, 3.8) is 0 Å². The zero-order valence-electron chi connectivity index (χ0n) is 6.49. The van der Waals surface area contributed by atoms with E-state index in [0.29, 0.717) is 12.8 Å². The van der Waals surface area contributed by atoms with Gasteiger partial charge in [0.05, 0.1) is 6.10 Å². The molecule has 3 unspecified atom stereocenters. The number of halogens is 2. The van der Waals surface area contributed by atoms with E-state index in [1.165, 1.54) is 0 Å². The molecule has 2 nitrogen and oxygen atoms in total. The van der Waals surface area contributed by atoms with Gasteiger partial charge < -0.3 is 0 Å². The van der Waals surface area contributed by atoms with Crippen molar-refractivity contribution in [2.45, 2.75) is 25.1 Å². The zero-order valence-corrected chi connectivity index (χ0v) is 6.49. The Kier molecular flexibility index (Phi) is 2.11. The van der Waals surface area contributed by atoms with Gasteiger partial charge in [-0.15, -0.1) is 4.48 Å². The van der Waals surface area contributed by atoms with Gasteiger partial charge in [-0.25, -0.2) is 4.39 Å². The van der Waals surface area contributed by atoms with Gasteiger partial charge in [0.2, 0.25) is 0 Å². The second-order valence-corrected chi connectivity index (χ2v) is 3.12. The second-order valence-electron chi connectivity index (χ2n) is 3.12. The van der Waals surface area contributed by atoms with Crippen molar-refractivity contribution in [1.29, 1.82) is 0 Å². The molecule has 0 saturated carbocycles. The van der Waals surface area contributed by atoms with Gasteiger partial charge in [-0.1, -0.05) is 12.2 Å². The molecule has 1 fully saturated rings. The van der Waals surface area contributed by atoms with Gasteiger partial charge in [0.1, 0.15) is 12.7 Å². The fraction of sp³-hybridized carbons (Fsp3) is 0.625. The van der Waals surface area contributed by atoms with E-state index >= 15 is 0 Å². The highest BCUT2D eigenvalue weighted by Gasteiger charge is 2.39. The lowest BCUT2D eigenvalue weighted by Gasteiger charge is -2.36. The molecular formula is C8H10F2NO. The molecule has 0 spiro atoms. The summed E-state index contributed by atoms with van der Waals surface area (Å²) < 4.78 is 25.6. The van der Waals surface area contributed by atoms with Gasteiger partial charge in [-0.3, -0.25) is 4.84 Å². The van der Waals surface area contributed by atoms with Crippen LogP contribution in [-0.4, -0.2) is 17.6 Å². The maximum Gasteiger partial charge on any atom is 0.128 e. The lowest BCUT2D eigenvalue weighted by Crippen LogP contribution is -2.43. The lowest BCUT2D eigenvalue weighted by molar-refractivity contribution is -0.324. The number of allylic oxidation sites excluding steroid dienone is 1. The van der Waals surface area contributed by atoms with Crippen LogP contribution < -0.4 is 0 Å². The van der Waals surface area contributed by atoms with Crippen molar-refractivity contribution < 1.29 is 13.7 Å². The van der Waals surface area contributed by atoms with Crippen molar-refractivity contribution in [2.24, 2.45) is 5.92 Å². The molecule has 67 valence electrons. The van der Waals surface area contributed by atoms with E-state index in [4.69, 9.17) is 4.84 Å². The van der Waals surface area contributed by atoms with Gasteiger partial charge in [0.25, 0.3) is 0 Å². The van der Waals surface area contributed by atoms with Crippen LogP contribution in [0.2, 0.25) is 0 Å². The van der Waals surface area contributed by atoms with Crippen molar-refractivity contribution >= 4 is 0 Å². The molecular weight excluding hydrogens is 164 g/mol. The normalized spacial score (nSPS) is 42.7. The predicted molar refractivity (Wildman–Crippen MR) is 38.9 cm³/mol. The summed E-state index contributed by atoms with van der Waals surface area (Å²) in [6.07, 6.45) is 3.49. The third-order valence-electron chi connectivity index (χ3n) is 2.33. The van der Waals surface area contributed by atoms with E-state index in [2.05, 4.69) is 0 Å². The molecule has 2 rings (SSSR count). The van der Waals surface area contributed by atoms with Crippen LogP contribution in [0.5, 0.6) is 0 Å². The van der Waals surface area contributed by atoms with Crippen molar-refractivity contribution in [3.8, 4) is 0 Å².